The molecule has 4 rings (SSSR count). The summed E-state index contributed by atoms with van der Waals surface area (Å²) in [6.45, 7) is 4.46. The first-order chi connectivity index (χ1) is 16.4. The van der Waals surface area contributed by atoms with E-state index in [1.54, 1.807) is 31.1 Å². The molecule has 1 atom stereocenters. The highest BCUT2D eigenvalue weighted by Gasteiger charge is 2.34. The average molecular weight is 474 g/mol. The minimum Gasteiger partial charge on any atom is -0.374 e. The van der Waals surface area contributed by atoms with Crippen LogP contribution in [-0.4, -0.2) is 76.0 Å². The monoisotopic (exact) mass is 473 g/mol. The molecule has 1 aromatic rings. The number of amides is 3. The van der Waals surface area contributed by atoms with E-state index in [2.05, 4.69) is 15.1 Å². The number of halogens is 1. The highest BCUT2D eigenvalue weighted by Crippen LogP contribution is 2.38. The molecule has 2 saturated heterocycles. The van der Waals surface area contributed by atoms with E-state index in [1.807, 2.05) is 0 Å². The summed E-state index contributed by atoms with van der Waals surface area (Å²) in [5.74, 6) is -0.503. The van der Waals surface area contributed by atoms with Crippen molar-refractivity contribution in [3.05, 3.63) is 17.9 Å². The lowest BCUT2D eigenvalue weighted by Crippen LogP contribution is -2.52. The van der Waals surface area contributed by atoms with Crippen LogP contribution in [0.25, 0.3) is 0 Å². The van der Waals surface area contributed by atoms with Gasteiger partial charge in [-0.3, -0.25) is 24.6 Å². The van der Waals surface area contributed by atoms with E-state index in [9.17, 15) is 14.4 Å². The summed E-state index contributed by atoms with van der Waals surface area (Å²) in [4.78, 5) is 43.4. The van der Waals surface area contributed by atoms with Crippen molar-refractivity contribution >= 4 is 35.3 Å². The molecule has 1 N–H and O–H groups in total. The first-order valence-electron chi connectivity index (χ1n) is 12.4. The molecule has 34 heavy (non-hydrogen) atoms. The molecule has 0 bridgehead atoms. The number of nitrogens with one attached hydrogen (secondary N) is 1. The van der Waals surface area contributed by atoms with Crippen molar-refractivity contribution in [3.63, 3.8) is 0 Å². The lowest BCUT2D eigenvalue weighted by molar-refractivity contribution is -0.134. The molecule has 3 aliphatic rings. The number of anilines is 3. The quantitative estimate of drug-likeness (QED) is 0.484. The average Bonchev–Trinajstić information content (AvgIpc) is 2.82. The maximum absolute atomic E-state index is 15.9. The van der Waals surface area contributed by atoms with Gasteiger partial charge in [-0.05, 0) is 37.3 Å². The molecule has 0 radical (unpaired) electrons. The fourth-order valence-electron chi connectivity index (χ4n) is 5.57. The maximum Gasteiger partial charge on any atom is 0.249 e. The fraction of sp³-hybridized carbons (Fsp3) is 0.640. The highest BCUT2D eigenvalue weighted by molar-refractivity contribution is 6.04. The SMILES string of the molecule is CN(C)c1c(N(C=O)C2CCC(=O)NC2=O)ccc(N2CCN(CC3CCCCC3)CC2)c1F. The van der Waals surface area contributed by atoms with Crippen LogP contribution in [0, 0.1) is 11.7 Å². The number of carbonyl (C=O) groups excluding carboxylic acids is 3. The third-order valence-corrected chi connectivity index (χ3v) is 7.41. The van der Waals surface area contributed by atoms with Gasteiger partial charge in [-0.15, -0.1) is 0 Å². The molecule has 2 heterocycles. The van der Waals surface area contributed by atoms with Crippen LogP contribution in [0.5, 0.6) is 0 Å². The van der Waals surface area contributed by atoms with E-state index < -0.39 is 17.8 Å². The van der Waals surface area contributed by atoms with Crippen molar-refractivity contribution in [2.75, 3.05) is 61.5 Å². The zero-order valence-electron chi connectivity index (χ0n) is 20.3. The summed E-state index contributed by atoms with van der Waals surface area (Å²) >= 11 is 0. The summed E-state index contributed by atoms with van der Waals surface area (Å²) in [6.07, 6.45) is 7.58. The molecular weight excluding hydrogens is 437 g/mol. The Balaban J connectivity index is 1.50. The molecule has 2 aliphatic heterocycles. The van der Waals surface area contributed by atoms with Crippen molar-refractivity contribution in [1.29, 1.82) is 0 Å². The van der Waals surface area contributed by atoms with Gasteiger partial charge in [0.05, 0.1) is 17.1 Å². The van der Waals surface area contributed by atoms with Gasteiger partial charge in [-0.25, -0.2) is 4.39 Å². The number of rotatable bonds is 7. The Bertz CT molecular complexity index is 910. The Kier molecular flexibility index (Phi) is 7.70. The second kappa shape index (κ2) is 10.7. The lowest BCUT2D eigenvalue weighted by Gasteiger charge is -2.39. The predicted octanol–water partition coefficient (Wildman–Crippen LogP) is 2.36. The zero-order valence-corrected chi connectivity index (χ0v) is 20.3. The van der Waals surface area contributed by atoms with Crippen LogP contribution in [0.15, 0.2) is 12.1 Å². The van der Waals surface area contributed by atoms with Crippen LogP contribution >= 0.6 is 0 Å². The third kappa shape index (κ3) is 5.19. The molecule has 1 aromatic carbocycles. The van der Waals surface area contributed by atoms with E-state index in [4.69, 9.17) is 0 Å². The normalized spacial score (nSPS) is 22.4. The van der Waals surface area contributed by atoms with Gasteiger partial charge in [0.15, 0.2) is 5.82 Å². The fourth-order valence-corrected chi connectivity index (χ4v) is 5.57. The molecule has 3 amide bonds. The number of carbonyl (C=O) groups is 3. The van der Waals surface area contributed by atoms with Gasteiger partial charge < -0.3 is 14.7 Å². The zero-order chi connectivity index (χ0) is 24.2. The summed E-state index contributed by atoms with van der Waals surface area (Å²) in [5, 5.41) is 2.27. The van der Waals surface area contributed by atoms with Crippen LogP contribution in [-0.2, 0) is 14.4 Å². The van der Waals surface area contributed by atoms with Crippen LogP contribution in [0.1, 0.15) is 44.9 Å². The third-order valence-electron chi connectivity index (χ3n) is 7.41. The molecule has 0 aromatic heterocycles. The van der Waals surface area contributed by atoms with E-state index in [1.165, 1.54) is 37.0 Å². The van der Waals surface area contributed by atoms with E-state index in [0.717, 1.165) is 38.6 Å². The maximum atomic E-state index is 15.9. The molecule has 1 saturated carbocycles. The van der Waals surface area contributed by atoms with Gasteiger partial charge in [-0.1, -0.05) is 19.3 Å². The first-order valence-corrected chi connectivity index (χ1v) is 12.4. The molecular formula is C25H36FN5O3. The summed E-state index contributed by atoms with van der Waals surface area (Å²) in [7, 11) is 3.45. The topological polar surface area (TPSA) is 76.2 Å². The number of piperazine rings is 1. The van der Waals surface area contributed by atoms with Gasteiger partial charge in [0.2, 0.25) is 18.2 Å². The van der Waals surface area contributed by atoms with E-state index >= 15 is 4.39 Å². The number of hydrogen-bond donors (Lipinski definition) is 1. The van der Waals surface area contributed by atoms with Crippen LogP contribution in [0.2, 0.25) is 0 Å². The van der Waals surface area contributed by atoms with Gasteiger partial charge in [0, 0.05) is 53.2 Å². The Morgan fingerprint density at radius 1 is 1.06 bits per heavy atom. The largest absolute Gasteiger partial charge is 0.374 e. The van der Waals surface area contributed by atoms with Gasteiger partial charge in [-0.2, -0.15) is 0 Å². The standard InChI is InChI=1S/C25H36FN5O3/c1-28(2)24-20(31(17-32)21-10-11-22(33)27-25(21)34)9-8-19(23(24)26)30-14-12-29(13-15-30)16-18-6-4-3-5-7-18/h8-9,17-18,21H,3-7,10-16H2,1-2H3,(H,27,33,34). The number of nitrogens with zero attached hydrogens (tertiary/aromatic N) is 4. The molecule has 3 fully saturated rings. The minimum absolute atomic E-state index is 0.143. The van der Waals surface area contributed by atoms with Gasteiger partial charge in [0.25, 0.3) is 0 Å². The van der Waals surface area contributed by atoms with E-state index in [0.29, 0.717) is 17.8 Å². The van der Waals surface area contributed by atoms with Crippen molar-refractivity contribution < 1.29 is 18.8 Å². The Morgan fingerprint density at radius 3 is 2.38 bits per heavy atom. The molecule has 0 spiro atoms. The molecule has 1 aliphatic carbocycles. The van der Waals surface area contributed by atoms with Crippen LogP contribution in [0.4, 0.5) is 21.5 Å². The van der Waals surface area contributed by atoms with Crippen molar-refractivity contribution in [1.82, 2.24) is 10.2 Å². The number of imide groups is 1. The van der Waals surface area contributed by atoms with Crippen molar-refractivity contribution in [3.8, 4) is 0 Å². The predicted molar refractivity (Wildman–Crippen MR) is 131 cm³/mol. The molecule has 8 nitrogen and oxygen atoms in total. The molecule has 9 heteroatoms. The Morgan fingerprint density at radius 2 is 1.76 bits per heavy atom. The van der Waals surface area contributed by atoms with Crippen molar-refractivity contribution in [2.24, 2.45) is 5.92 Å². The lowest BCUT2D eigenvalue weighted by atomic mass is 9.89. The second-order valence-electron chi connectivity index (χ2n) is 9.93. The first kappa shape index (κ1) is 24.4. The molecule has 186 valence electrons. The Labute approximate surface area is 201 Å². The summed E-state index contributed by atoms with van der Waals surface area (Å²) in [5.41, 5.74) is 1.10. The van der Waals surface area contributed by atoms with Gasteiger partial charge in [0.1, 0.15) is 6.04 Å². The van der Waals surface area contributed by atoms with Crippen molar-refractivity contribution in [2.45, 2.75) is 51.0 Å². The van der Waals surface area contributed by atoms with Crippen LogP contribution in [0.3, 0.4) is 0 Å². The highest BCUT2D eigenvalue weighted by atomic mass is 19.1. The summed E-state index contributed by atoms with van der Waals surface area (Å²) < 4.78 is 15.9. The molecule has 1 unspecified atom stereocenters. The summed E-state index contributed by atoms with van der Waals surface area (Å²) in [6, 6.07) is 2.57. The minimum atomic E-state index is -0.845. The smallest absolute Gasteiger partial charge is 0.249 e. The van der Waals surface area contributed by atoms with Crippen LogP contribution < -0.4 is 20.0 Å². The number of hydrogen-bond acceptors (Lipinski definition) is 6. The Hall–Kier alpha value is -2.68. The van der Waals surface area contributed by atoms with E-state index in [-0.39, 0.29) is 24.4 Å². The number of benzene rings is 1. The number of piperidine rings is 1. The second-order valence-corrected chi connectivity index (χ2v) is 9.93. The van der Waals surface area contributed by atoms with Gasteiger partial charge >= 0.3 is 0 Å².